The second-order valence-electron chi connectivity index (χ2n) is 4.36. The van der Waals surface area contributed by atoms with E-state index in [1.807, 2.05) is 18.2 Å². The maximum Gasteiger partial charge on any atom is 0.123 e. The standard InChI is InChI=1S/C14H23NO3/c1-4-11(2)15-9-12(16)10-18-14-7-5-6-13(8-14)17-3/h5-8,11-12,15-16H,4,9-10H2,1-3H3/t11-,12-/m1/s1. The van der Waals surface area contributed by atoms with Crippen LogP contribution >= 0.6 is 0 Å². The number of hydrogen-bond acceptors (Lipinski definition) is 4. The summed E-state index contributed by atoms with van der Waals surface area (Å²) in [5, 5.41) is 13.0. The zero-order valence-electron chi connectivity index (χ0n) is 11.3. The second-order valence-corrected chi connectivity index (χ2v) is 4.36. The van der Waals surface area contributed by atoms with E-state index in [0.717, 1.165) is 12.2 Å². The molecule has 4 nitrogen and oxygen atoms in total. The molecule has 0 unspecified atom stereocenters. The topological polar surface area (TPSA) is 50.7 Å². The van der Waals surface area contributed by atoms with Crippen molar-refractivity contribution >= 4 is 0 Å². The number of hydrogen-bond donors (Lipinski definition) is 2. The number of aliphatic hydroxyl groups excluding tert-OH is 1. The van der Waals surface area contributed by atoms with Gasteiger partial charge in [-0.25, -0.2) is 0 Å². The van der Waals surface area contributed by atoms with Crippen molar-refractivity contribution in [1.82, 2.24) is 5.32 Å². The summed E-state index contributed by atoms with van der Waals surface area (Å²) in [7, 11) is 1.62. The predicted molar refractivity (Wildman–Crippen MR) is 72.3 cm³/mol. The number of methoxy groups -OCH3 is 1. The van der Waals surface area contributed by atoms with Gasteiger partial charge in [0.25, 0.3) is 0 Å². The van der Waals surface area contributed by atoms with E-state index in [9.17, 15) is 5.11 Å². The lowest BCUT2D eigenvalue weighted by atomic mass is 10.2. The van der Waals surface area contributed by atoms with E-state index in [0.29, 0.717) is 18.3 Å². The van der Waals surface area contributed by atoms with Crippen molar-refractivity contribution in [2.75, 3.05) is 20.3 Å². The number of aliphatic hydroxyl groups is 1. The highest BCUT2D eigenvalue weighted by Gasteiger charge is 2.07. The van der Waals surface area contributed by atoms with Crippen molar-refractivity contribution in [2.24, 2.45) is 0 Å². The zero-order valence-corrected chi connectivity index (χ0v) is 11.3. The molecule has 0 heterocycles. The van der Waals surface area contributed by atoms with Crippen molar-refractivity contribution in [1.29, 1.82) is 0 Å². The van der Waals surface area contributed by atoms with E-state index < -0.39 is 6.10 Å². The molecule has 0 bridgehead atoms. The molecule has 0 saturated heterocycles. The smallest absolute Gasteiger partial charge is 0.123 e. The van der Waals surface area contributed by atoms with Crippen molar-refractivity contribution in [3.05, 3.63) is 24.3 Å². The molecule has 0 spiro atoms. The van der Waals surface area contributed by atoms with Crippen LogP contribution in [0.25, 0.3) is 0 Å². The van der Waals surface area contributed by atoms with Gasteiger partial charge in [0.15, 0.2) is 0 Å². The van der Waals surface area contributed by atoms with Crippen LogP contribution in [0.2, 0.25) is 0 Å². The Morgan fingerprint density at radius 1 is 1.33 bits per heavy atom. The molecule has 0 aliphatic heterocycles. The maximum absolute atomic E-state index is 9.76. The normalized spacial score (nSPS) is 14.0. The van der Waals surface area contributed by atoms with Crippen LogP contribution in [-0.2, 0) is 0 Å². The van der Waals surface area contributed by atoms with E-state index in [-0.39, 0.29) is 6.61 Å². The van der Waals surface area contributed by atoms with Crippen LogP contribution in [0.3, 0.4) is 0 Å². The van der Waals surface area contributed by atoms with Crippen molar-refractivity contribution in [3.8, 4) is 11.5 Å². The molecule has 0 fully saturated rings. The fourth-order valence-electron chi connectivity index (χ4n) is 1.42. The van der Waals surface area contributed by atoms with Crippen LogP contribution in [0, 0.1) is 0 Å². The summed E-state index contributed by atoms with van der Waals surface area (Å²) in [6, 6.07) is 7.77. The molecule has 1 aromatic rings. The molecular formula is C14H23NO3. The molecule has 0 radical (unpaired) electrons. The summed E-state index contributed by atoms with van der Waals surface area (Å²) in [4.78, 5) is 0. The Morgan fingerprint density at radius 2 is 2.06 bits per heavy atom. The Hall–Kier alpha value is -1.26. The molecular weight excluding hydrogens is 230 g/mol. The van der Waals surface area contributed by atoms with E-state index in [1.54, 1.807) is 13.2 Å². The van der Waals surface area contributed by atoms with E-state index >= 15 is 0 Å². The fourth-order valence-corrected chi connectivity index (χ4v) is 1.42. The molecule has 102 valence electrons. The molecule has 0 aliphatic rings. The zero-order chi connectivity index (χ0) is 13.4. The van der Waals surface area contributed by atoms with Gasteiger partial charge in [0, 0.05) is 18.7 Å². The van der Waals surface area contributed by atoms with Gasteiger partial charge < -0.3 is 19.9 Å². The van der Waals surface area contributed by atoms with E-state index in [1.165, 1.54) is 0 Å². The lowest BCUT2D eigenvalue weighted by Gasteiger charge is -2.16. The first-order valence-electron chi connectivity index (χ1n) is 6.34. The van der Waals surface area contributed by atoms with Gasteiger partial charge >= 0.3 is 0 Å². The lowest BCUT2D eigenvalue weighted by Crippen LogP contribution is -2.36. The summed E-state index contributed by atoms with van der Waals surface area (Å²) in [5.74, 6) is 1.46. The fraction of sp³-hybridized carbons (Fsp3) is 0.571. The van der Waals surface area contributed by atoms with Gasteiger partial charge in [-0.1, -0.05) is 13.0 Å². The Bertz CT molecular complexity index is 344. The van der Waals surface area contributed by atoms with Gasteiger partial charge in [0.1, 0.15) is 24.2 Å². The summed E-state index contributed by atoms with van der Waals surface area (Å²) in [5.41, 5.74) is 0. The molecule has 0 saturated carbocycles. The lowest BCUT2D eigenvalue weighted by molar-refractivity contribution is 0.104. The van der Waals surface area contributed by atoms with Gasteiger partial charge in [0.2, 0.25) is 0 Å². The minimum absolute atomic E-state index is 0.274. The summed E-state index contributed by atoms with van der Waals surface area (Å²) in [6.45, 7) is 5.02. The number of rotatable bonds is 8. The molecule has 0 amide bonds. The Labute approximate surface area is 109 Å². The largest absolute Gasteiger partial charge is 0.497 e. The van der Waals surface area contributed by atoms with Crippen molar-refractivity contribution in [2.45, 2.75) is 32.4 Å². The van der Waals surface area contributed by atoms with Crippen LogP contribution in [-0.4, -0.2) is 37.5 Å². The van der Waals surface area contributed by atoms with E-state index in [4.69, 9.17) is 9.47 Å². The average molecular weight is 253 g/mol. The van der Waals surface area contributed by atoms with Crippen LogP contribution in [0.1, 0.15) is 20.3 Å². The monoisotopic (exact) mass is 253 g/mol. The van der Waals surface area contributed by atoms with Crippen LogP contribution in [0.4, 0.5) is 0 Å². The van der Waals surface area contributed by atoms with Crippen LogP contribution < -0.4 is 14.8 Å². The van der Waals surface area contributed by atoms with Crippen molar-refractivity contribution in [3.63, 3.8) is 0 Å². The second kappa shape index (κ2) is 7.95. The van der Waals surface area contributed by atoms with Crippen LogP contribution in [0.5, 0.6) is 11.5 Å². The average Bonchev–Trinajstić information content (AvgIpc) is 2.42. The summed E-state index contributed by atoms with van der Waals surface area (Å²) >= 11 is 0. The van der Waals surface area contributed by atoms with Crippen molar-refractivity contribution < 1.29 is 14.6 Å². The Morgan fingerprint density at radius 3 is 2.72 bits per heavy atom. The summed E-state index contributed by atoms with van der Waals surface area (Å²) < 4.78 is 10.6. The first-order chi connectivity index (χ1) is 8.65. The highest BCUT2D eigenvalue weighted by molar-refractivity contribution is 5.32. The molecule has 2 atom stereocenters. The Kier molecular flexibility index (Phi) is 6.54. The minimum Gasteiger partial charge on any atom is -0.497 e. The first kappa shape index (κ1) is 14.8. The molecule has 1 rings (SSSR count). The van der Waals surface area contributed by atoms with Gasteiger partial charge in [-0.15, -0.1) is 0 Å². The SMILES string of the molecule is CC[C@@H](C)NC[C@@H](O)COc1cccc(OC)c1. The molecule has 1 aromatic carbocycles. The van der Waals surface area contributed by atoms with Gasteiger partial charge in [-0.3, -0.25) is 0 Å². The van der Waals surface area contributed by atoms with Crippen LogP contribution in [0.15, 0.2) is 24.3 Å². The summed E-state index contributed by atoms with van der Waals surface area (Å²) in [6.07, 6.45) is 0.536. The first-order valence-corrected chi connectivity index (χ1v) is 6.34. The number of nitrogens with one attached hydrogen (secondary N) is 1. The number of benzene rings is 1. The molecule has 0 aliphatic carbocycles. The predicted octanol–water partition coefficient (Wildman–Crippen LogP) is 1.82. The Balaban J connectivity index is 2.30. The van der Waals surface area contributed by atoms with E-state index in [2.05, 4.69) is 19.2 Å². The maximum atomic E-state index is 9.76. The quantitative estimate of drug-likeness (QED) is 0.742. The molecule has 0 aromatic heterocycles. The van der Waals surface area contributed by atoms with Gasteiger partial charge in [-0.05, 0) is 25.5 Å². The van der Waals surface area contributed by atoms with Gasteiger partial charge in [-0.2, -0.15) is 0 Å². The highest BCUT2D eigenvalue weighted by atomic mass is 16.5. The van der Waals surface area contributed by atoms with Gasteiger partial charge in [0.05, 0.1) is 7.11 Å². The molecule has 2 N–H and O–H groups in total. The third-order valence-corrected chi connectivity index (χ3v) is 2.80. The number of ether oxygens (including phenoxy) is 2. The third kappa shape index (κ3) is 5.38. The minimum atomic E-state index is -0.509. The molecule has 18 heavy (non-hydrogen) atoms. The highest BCUT2D eigenvalue weighted by Crippen LogP contribution is 2.18. The third-order valence-electron chi connectivity index (χ3n) is 2.80. The molecule has 4 heteroatoms.